The monoisotopic (exact) mass is 238 g/mol. The van der Waals surface area contributed by atoms with Crippen LogP contribution >= 0.6 is 0 Å². The lowest BCUT2D eigenvalue weighted by Gasteiger charge is -2.20. The summed E-state index contributed by atoms with van der Waals surface area (Å²) in [5.41, 5.74) is 1.84. The SMILES string of the molecule is CCc1c(C)[nH]n(C2CCCCCC2O)c1=O. The van der Waals surface area contributed by atoms with Gasteiger partial charge >= 0.3 is 0 Å². The van der Waals surface area contributed by atoms with Crippen molar-refractivity contribution in [2.24, 2.45) is 0 Å². The summed E-state index contributed by atoms with van der Waals surface area (Å²) in [6.07, 6.45) is 5.36. The molecule has 0 amide bonds. The van der Waals surface area contributed by atoms with Crippen molar-refractivity contribution in [1.82, 2.24) is 9.78 Å². The zero-order valence-corrected chi connectivity index (χ0v) is 10.7. The fraction of sp³-hybridized carbons (Fsp3) is 0.769. The summed E-state index contributed by atoms with van der Waals surface area (Å²) in [5.74, 6) is 0. The number of aliphatic hydroxyl groups is 1. The lowest BCUT2D eigenvalue weighted by molar-refractivity contribution is 0.0972. The minimum absolute atomic E-state index is 0.0518. The van der Waals surface area contributed by atoms with Gasteiger partial charge in [-0.3, -0.25) is 9.89 Å². The Kier molecular flexibility index (Phi) is 3.72. The van der Waals surface area contributed by atoms with E-state index in [2.05, 4.69) is 5.10 Å². The van der Waals surface area contributed by atoms with E-state index in [0.717, 1.165) is 49.8 Å². The molecule has 1 aromatic heterocycles. The van der Waals surface area contributed by atoms with Gasteiger partial charge in [-0.25, -0.2) is 4.68 Å². The molecule has 0 bridgehead atoms. The molecule has 0 aromatic carbocycles. The first-order chi connectivity index (χ1) is 8.15. The molecule has 1 saturated carbocycles. The molecule has 0 radical (unpaired) electrons. The fourth-order valence-electron chi connectivity index (χ4n) is 2.82. The molecule has 2 atom stereocenters. The lowest BCUT2D eigenvalue weighted by atomic mass is 10.1. The third kappa shape index (κ3) is 2.32. The van der Waals surface area contributed by atoms with Crippen molar-refractivity contribution < 1.29 is 5.11 Å². The Labute approximate surface area is 102 Å². The summed E-state index contributed by atoms with van der Waals surface area (Å²) in [6, 6.07) is -0.0657. The van der Waals surface area contributed by atoms with Gasteiger partial charge in [0.2, 0.25) is 0 Å². The van der Waals surface area contributed by atoms with E-state index in [1.807, 2.05) is 13.8 Å². The average molecular weight is 238 g/mol. The van der Waals surface area contributed by atoms with Crippen LogP contribution < -0.4 is 5.56 Å². The normalized spacial score (nSPS) is 25.8. The fourth-order valence-corrected chi connectivity index (χ4v) is 2.82. The van der Waals surface area contributed by atoms with Crippen molar-refractivity contribution >= 4 is 0 Å². The Morgan fingerprint density at radius 1 is 1.35 bits per heavy atom. The predicted molar refractivity (Wildman–Crippen MR) is 67.3 cm³/mol. The maximum atomic E-state index is 12.2. The van der Waals surface area contributed by atoms with Gasteiger partial charge in [-0.05, 0) is 26.2 Å². The highest BCUT2D eigenvalue weighted by molar-refractivity contribution is 5.16. The minimum atomic E-state index is -0.391. The maximum absolute atomic E-state index is 12.2. The molecule has 2 unspecified atom stereocenters. The van der Waals surface area contributed by atoms with Crippen molar-refractivity contribution in [2.75, 3.05) is 0 Å². The molecule has 17 heavy (non-hydrogen) atoms. The molecular weight excluding hydrogens is 216 g/mol. The van der Waals surface area contributed by atoms with Crippen LogP contribution in [-0.4, -0.2) is 21.0 Å². The first-order valence-corrected chi connectivity index (χ1v) is 6.63. The summed E-state index contributed by atoms with van der Waals surface area (Å²) >= 11 is 0. The van der Waals surface area contributed by atoms with E-state index in [4.69, 9.17) is 0 Å². The van der Waals surface area contributed by atoms with Gasteiger partial charge in [-0.1, -0.05) is 26.2 Å². The number of H-pyrrole nitrogens is 1. The number of rotatable bonds is 2. The second kappa shape index (κ2) is 5.08. The highest BCUT2D eigenvalue weighted by Crippen LogP contribution is 2.26. The van der Waals surface area contributed by atoms with Crippen molar-refractivity contribution in [3.63, 3.8) is 0 Å². The molecule has 0 aliphatic heterocycles. The van der Waals surface area contributed by atoms with Gasteiger partial charge in [0, 0.05) is 11.3 Å². The summed E-state index contributed by atoms with van der Waals surface area (Å²) in [6.45, 7) is 3.92. The van der Waals surface area contributed by atoms with Crippen LogP contribution in [0.25, 0.3) is 0 Å². The molecule has 2 rings (SSSR count). The van der Waals surface area contributed by atoms with E-state index in [0.29, 0.717) is 0 Å². The van der Waals surface area contributed by atoms with Crippen molar-refractivity contribution in [3.8, 4) is 0 Å². The first kappa shape index (κ1) is 12.4. The third-order valence-electron chi connectivity index (χ3n) is 3.85. The molecule has 1 aliphatic carbocycles. The van der Waals surface area contributed by atoms with Gasteiger partial charge in [0.05, 0.1) is 12.1 Å². The standard InChI is InChI=1S/C13H22N2O2/c1-3-10-9(2)14-15(13(10)17)11-7-5-4-6-8-12(11)16/h11-12,14,16H,3-8H2,1-2H3. The van der Waals surface area contributed by atoms with E-state index >= 15 is 0 Å². The predicted octanol–water partition coefficient (Wildman–Crippen LogP) is 1.91. The Bertz CT molecular complexity index is 433. The number of aryl methyl sites for hydroxylation is 1. The van der Waals surface area contributed by atoms with Gasteiger partial charge in [0.1, 0.15) is 0 Å². The first-order valence-electron chi connectivity index (χ1n) is 6.63. The molecule has 2 N–H and O–H groups in total. The molecule has 1 fully saturated rings. The smallest absolute Gasteiger partial charge is 0.270 e. The second-order valence-electron chi connectivity index (χ2n) is 5.02. The van der Waals surface area contributed by atoms with Crippen LogP contribution in [0.4, 0.5) is 0 Å². The van der Waals surface area contributed by atoms with Gasteiger partial charge < -0.3 is 5.11 Å². The molecular formula is C13H22N2O2. The zero-order valence-electron chi connectivity index (χ0n) is 10.7. The van der Waals surface area contributed by atoms with Crippen molar-refractivity contribution in [1.29, 1.82) is 0 Å². The minimum Gasteiger partial charge on any atom is -0.391 e. The van der Waals surface area contributed by atoms with Crippen LogP contribution in [-0.2, 0) is 6.42 Å². The Morgan fingerprint density at radius 2 is 2.06 bits per heavy atom. The van der Waals surface area contributed by atoms with Gasteiger partial charge in [-0.15, -0.1) is 0 Å². The van der Waals surface area contributed by atoms with Crippen LogP contribution in [0, 0.1) is 6.92 Å². The number of aromatic nitrogens is 2. The number of nitrogens with zero attached hydrogens (tertiary/aromatic N) is 1. The molecule has 4 heteroatoms. The number of hydrogen-bond donors (Lipinski definition) is 2. The van der Waals surface area contributed by atoms with Crippen molar-refractivity contribution in [3.05, 3.63) is 21.6 Å². The number of aliphatic hydroxyl groups excluding tert-OH is 1. The second-order valence-corrected chi connectivity index (χ2v) is 5.02. The van der Waals surface area contributed by atoms with E-state index in [1.54, 1.807) is 4.68 Å². The Morgan fingerprint density at radius 3 is 2.71 bits per heavy atom. The van der Waals surface area contributed by atoms with Gasteiger partial charge in [-0.2, -0.15) is 0 Å². The molecule has 1 heterocycles. The van der Waals surface area contributed by atoms with E-state index in [9.17, 15) is 9.90 Å². The number of hydrogen-bond acceptors (Lipinski definition) is 2. The van der Waals surface area contributed by atoms with Crippen LogP contribution in [0.3, 0.4) is 0 Å². The average Bonchev–Trinajstić information content (AvgIpc) is 2.48. The number of nitrogens with one attached hydrogen (secondary N) is 1. The molecule has 4 nitrogen and oxygen atoms in total. The molecule has 0 saturated heterocycles. The summed E-state index contributed by atoms with van der Waals surface area (Å²) in [7, 11) is 0. The highest BCUT2D eigenvalue weighted by atomic mass is 16.3. The summed E-state index contributed by atoms with van der Waals surface area (Å²) in [5, 5.41) is 13.3. The van der Waals surface area contributed by atoms with Crippen LogP contribution in [0.1, 0.15) is 56.3 Å². The van der Waals surface area contributed by atoms with Crippen LogP contribution in [0.5, 0.6) is 0 Å². The van der Waals surface area contributed by atoms with E-state index < -0.39 is 6.10 Å². The maximum Gasteiger partial charge on any atom is 0.270 e. The third-order valence-corrected chi connectivity index (χ3v) is 3.85. The van der Waals surface area contributed by atoms with E-state index in [1.165, 1.54) is 0 Å². The summed E-state index contributed by atoms with van der Waals surface area (Å²) < 4.78 is 1.66. The Hall–Kier alpha value is -1.03. The molecule has 96 valence electrons. The molecule has 1 aliphatic rings. The van der Waals surface area contributed by atoms with Gasteiger partial charge in [0.15, 0.2) is 0 Å². The van der Waals surface area contributed by atoms with Crippen LogP contribution in [0.2, 0.25) is 0 Å². The topological polar surface area (TPSA) is 58.0 Å². The highest BCUT2D eigenvalue weighted by Gasteiger charge is 2.26. The van der Waals surface area contributed by atoms with Crippen molar-refractivity contribution in [2.45, 2.75) is 64.5 Å². The lowest BCUT2D eigenvalue weighted by Crippen LogP contribution is -2.31. The molecule has 0 spiro atoms. The van der Waals surface area contributed by atoms with E-state index in [-0.39, 0.29) is 11.6 Å². The van der Waals surface area contributed by atoms with Crippen LogP contribution in [0.15, 0.2) is 4.79 Å². The summed E-state index contributed by atoms with van der Waals surface area (Å²) in [4.78, 5) is 12.2. The number of aromatic amines is 1. The Balaban J connectivity index is 2.35. The molecule has 1 aromatic rings. The quantitative estimate of drug-likeness (QED) is 0.773. The van der Waals surface area contributed by atoms with Gasteiger partial charge in [0.25, 0.3) is 5.56 Å². The zero-order chi connectivity index (χ0) is 12.4. The largest absolute Gasteiger partial charge is 0.391 e.